The van der Waals surface area contributed by atoms with Crippen LogP contribution in [0, 0.1) is 13.8 Å². The third-order valence-corrected chi connectivity index (χ3v) is 5.17. The Morgan fingerprint density at radius 3 is 2.77 bits per heavy atom. The molecule has 8 nitrogen and oxygen atoms in total. The normalized spacial score (nSPS) is 11.1. The van der Waals surface area contributed by atoms with Gasteiger partial charge in [0.2, 0.25) is 5.91 Å². The number of pyridine rings is 1. The van der Waals surface area contributed by atoms with Crippen molar-refractivity contribution in [3.8, 4) is 11.5 Å². The first-order valence-corrected chi connectivity index (χ1v) is 9.63. The first kappa shape index (κ1) is 19.6. The summed E-state index contributed by atoms with van der Waals surface area (Å²) in [5.74, 6) is 1.11. The number of methoxy groups -OCH3 is 2. The molecule has 1 aromatic carbocycles. The average Bonchev–Trinajstić information content (AvgIpc) is 3.12. The third-order valence-electron chi connectivity index (χ3n) is 5.17. The maximum atomic E-state index is 12.6. The number of hydrogen-bond donors (Lipinski definition) is 1. The Morgan fingerprint density at radius 1 is 1.17 bits per heavy atom. The number of carbonyl (C=O) groups excluding carboxylic acids is 1. The lowest BCUT2D eigenvalue weighted by Gasteiger charge is -2.13. The van der Waals surface area contributed by atoms with Gasteiger partial charge < -0.3 is 14.8 Å². The molecule has 0 saturated heterocycles. The van der Waals surface area contributed by atoms with E-state index in [0.29, 0.717) is 35.7 Å². The van der Waals surface area contributed by atoms with Crippen LogP contribution in [-0.2, 0) is 11.2 Å². The molecule has 0 radical (unpaired) electrons. The molecule has 154 valence electrons. The van der Waals surface area contributed by atoms with E-state index in [1.807, 2.05) is 30.5 Å². The SMILES string of the molecule is COc1ccc(NC(=O)CCc2c(C)nc3c4cccnc4nn3c2C)c(OC)c1. The van der Waals surface area contributed by atoms with Crippen LogP contribution < -0.4 is 14.8 Å². The Morgan fingerprint density at radius 2 is 2.00 bits per heavy atom. The summed E-state index contributed by atoms with van der Waals surface area (Å²) in [4.78, 5) is 21.6. The highest BCUT2D eigenvalue weighted by Gasteiger charge is 2.16. The summed E-state index contributed by atoms with van der Waals surface area (Å²) in [5, 5.41) is 8.39. The lowest BCUT2D eigenvalue weighted by molar-refractivity contribution is -0.116. The number of hydrogen-bond acceptors (Lipinski definition) is 6. The first-order chi connectivity index (χ1) is 14.5. The molecular weight excluding hydrogens is 382 g/mol. The highest BCUT2D eigenvalue weighted by Crippen LogP contribution is 2.29. The topological polar surface area (TPSA) is 90.6 Å². The van der Waals surface area contributed by atoms with Crippen LogP contribution in [0.4, 0.5) is 5.69 Å². The van der Waals surface area contributed by atoms with Gasteiger partial charge in [-0.15, -0.1) is 5.10 Å². The Balaban J connectivity index is 1.55. The molecular formula is C22H23N5O3. The van der Waals surface area contributed by atoms with E-state index in [9.17, 15) is 4.79 Å². The Hall–Kier alpha value is -3.68. The predicted molar refractivity (Wildman–Crippen MR) is 114 cm³/mol. The van der Waals surface area contributed by atoms with Crippen molar-refractivity contribution < 1.29 is 14.3 Å². The van der Waals surface area contributed by atoms with Crippen molar-refractivity contribution in [3.63, 3.8) is 0 Å². The van der Waals surface area contributed by atoms with Gasteiger partial charge in [-0.3, -0.25) is 4.79 Å². The maximum absolute atomic E-state index is 12.6. The molecule has 8 heteroatoms. The number of nitrogens with one attached hydrogen (secondary N) is 1. The van der Waals surface area contributed by atoms with Gasteiger partial charge in [-0.05, 0) is 50.1 Å². The van der Waals surface area contributed by atoms with E-state index < -0.39 is 0 Å². The summed E-state index contributed by atoms with van der Waals surface area (Å²) in [6.45, 7) is 3.95. The second kappa shape index (κ2) is 7.98. The Bertz CT molecular complexity index is 1250. The fourth-order valence-corrected chi connectivity index (χ4v) is 3.58. The zero-order valence-electron chi connectivity index (χ0n) is 17.4. The van der Waals surface area contributed by atoms with E-state index >= 15 is 0 Å². The molecule has 1 N–H and O–H groups in total. The molecule has 0 spiro atoms. The van der Waals surface area contributed by atoms with E-state index in [4.69, 9.17) is 14.5 Å². The molecule has 0 saturated carbocycles. The van der Waals surface area contributed by atoms with E-state index in [-0.39, 0.29) is 5.91 Å². The minimum Gasteiger partial charge on any atom is -0.497 e. The van der Waals surface area contributed by atoms with Crippen molar-refractivity contribution in [2.24, 2.45) is 0 Å². The highest BCUT2D eigenvalue weighted by molar-refractivity contribution is 5.92. The lowest BCUT2D eigenvalue weighted by Crippen LogP contribution is -2.15. The molecule has 4 rings (SSSR count). The van der Waals surface area contributed by atoms with Crippen LogP contribution in [0.3, 0.4) is 0 Å². The second-order valence-corrected chi connectivity index (χ2v) is 6.99. The van der Waals surface area contributed by atoms with Crippen LogP contribution >= 0.6 is 0 Å². The van der Waals surface area contributed by atoms with E-state index in [0.717, 1.165) is 28.0 Å². The summed E-state index contributed by atoms with van der Waals surface area (Å²) in [5.41, 5.74) is 4.91. The van der Waals surface area contributed by atoms with Crippen LogP contribution in [0.5, 0.6) is 11.5 Å². The zero-order valence-corrected chi connectivity index (χ0v) is 17.4. The molecule has 30 heavy (non-hydrogen) atoms. The minimum absolute atomic E-state index is 0.107. The summed E-state index contributed by atoms with van der Waals surface area (Å²) in [6, 6.07) is 9.12. The minimum atomic E-state index is -0.107. The van der Waals surface area contributed by atoms with Gasteiger partial charge in [-0.1, -0.05) is 0 Å². The van der Waals surface area contributed by atoms with E-state index in [1.54, 1.807) is 38.6 Å². The summed E-state index contributed by atoms with van der Waals surface area (Å²) >= 11 is 0. The van der Waals surface area contributed by atoms with E-state index in [2.05, 4.69) is 15.4 Å². The van der Waals surface area contributed by atoms with Crippen molar-refractivity contribution in [3.05, 3.63) is 53.5 Å². The highest BCUT2D eigenvalue weighted by atomic mass is 16.5. The molecule has 0 aliphatic rings. The van der Waals surface area contributed by atoms with Gasteiger partial charge >= 0.3 is 0 Å². The maximum Gasteiger partial charge on any atom is 0.224 e. The summed E-state index contributed by atoms with van der Waals surface area (Å²) < 4.78 is 12.3. The van der Waals surface area contributed by atoms with Crippen LogP contribution in [0.1, 0.15) is 23.4 Å². The van der Waals surface area contributed by atoms with Gasteiger partial charge in [-0.25, -0.2) is 14.5 Å². The fraction of sp³-hybridized carbons (Fsp3) is 0.273. The Kier molecular flexibility index (Phi) is 5.22. The van der Waals surface area contributed by atoms with Crippen LogP contribution in [-0.4, -0.2) is 39.7 Å². The van der Waals surface area contributed by atoms with Gasteiger partial charge in [-0.2, -0.15) is 0 Å². The molecule has 4 aromatic rings. The monoisotopic (exact) mass is 405 g/mol. The number of carbonyl (C=O) groups is 1. The molecule has 1 amide bonds. The van der Waals surface area contributed by atoms with Gasteiger partial charge in [0.05, 0.1) is 25.3 Å². The molecule has 0 bridgehead atoms. The fourth-order valence-electron chi connectivity index (χ4n) is 3.58. The number of aryl methyl sites for hydroxylation is 2. The van der Waals surface area contributed by atoms with Gasteiger partial charge in [0.1, 0.15) is 11.5 Å². The predicted octanol–water partition coefficient (Wildman–Crippen LogP) is 3.48. The van der Waals surface area contributed by atoms with Crippen molar-refractivity contribution in [1.82, 2.24) is 19.6 Å². The van der Waals surface area contributed by atoms with Crippen LogP contribution in [0.15, 0.2) is 36.5 Å². The molecule has 0 atom stereocenters. The summed E-state index contributed by atoms with van der Waals surface area (Å²) in [7, 11) is 3.14. The molecule has 3 aromatic heterocycles. The number of amides is 1. The quantitative estimate of drug-likeness (QED) is 0.528. The number of fused-ring (bicyclic) bond motifs is 3. The van der Waals surface area contributed by atoms with Gasteiger partial charge in [0.25, 0.3) is 0 Å². The van der Waals surface area contributed by atoms with Crippen molar-refractivity contribution in [2.75, 3.05) is 19.5 Å². The summed E-state index contributed by atoms with van der Waals surface area (Å²) in [6.07, 6.45) is 2.58. The van der Waals surface area contributed by atoms with Gasteiger partial charge in [0, 0.05) is 30.1 Å². The number of rotatable bonds is 6. The number of aromatic nitrogens is 4. The van der Waals surface area contributed by atoms with Crippen molar-refractivity contribution in [2.45, 2.75) is 26.7 Å². The number of benzene rings is 1. The number of anilines is 1. The molecule has 0 fully saturated rings. The molecule has 0 aliphatic heterocycles. The van der Waals surface area contributed by atoms with Crippen molar-refractivity contribution in [1.29, 1.82) is 0 Å². The molecule has 3 heterocycles. The van der Waals surface area contributed by atoms with Crippen LogP contribution in [0.25, 0.3) is 16.7 Å². The first-order valence-electron chi connectivity index (χ1n) is 9.63. The lowest BCUT2D eigenvalue weighted by atomic mass is 10.1. The second-order valence-electron chi connectivity index (χ2n) is 6.99. The largest absolute Gasteiger partial charge is 0.497 e. The number of ether oxygens (including phenoxy) is 2. The molecule has 0 unspecified atom stereocenters. The molecule has 0 aliphatic carbocycles. The van der Waals surface area contributed by atoms with E-state index in [1.165, 1.54) is 0 Å². The third kappa shape index (κ3) is 3.52. The standard InChI is InChI=1S/C22H23N5O3/c1-13-16(14(2)27-22(24-13)17-6-5-11-23-21(17)26-27)8-10-20(28)25-18-9-7-15(29-3)12-19(18)30-4/h5-7,9,11-12H,8,10H2,1-4H3,(H,25,28). The number of nitrogens with zero attached hydrogens (tertiary/aromatic N) is 4. The zero-order chi connectivity index (χ0) is 21.3. The average molecular weight is 405 g/mol. The van der Waals surface area contributed by atoms with Crippen molar-refractivity contribution >= 4 is 28.3 Å². The van der Waals surface area contributed by atoms with Crippen LogP contribution in [0.2, 0.25) is 0 Å². The van der Waals surface area contributed by atoms with Gasteiger partial charge in [0.15, 0.2) is 11.3 Å². The smallest absolute Gasteiger partial charge is 0.224 e. The Labute approximate surface area is 173 Å².